The second-order valence-electron chi connectivity index (χ2n) is 10.7. The van der Waals surface area contributed by atoms with E-state index in [0.29, 0.717) is 6.54 Å². The van der Waals surface area contributed by atoms with Crippen LogP contribution in [0.5, 0.6) is 11.5 Å². The van der Waals surface area contributed by atoms with Crippen LogP contribution < -0.4 is 14.4 Å². The fraction of sp³-hybridized carbons (Fsp3) is 0.375. The van der Waals surface area contributed by atoms with Gasteiger partial charge in [-0.3, -0.25) is 14.5 Å². The van der Waals surface area contributed by atoms with Crippen molar-refractivity contribution in [2.75, 3.05) is 51.8 Å². The van der Waals surface area contributed by atoms with Crippen molar-refractivity contribution in [3.05, 3.63) is 77.9 Å². The highest BCUT2D eigenvalue weighted by Crippen LogP contribution is 2.40. The summed E-state index contributed by atoms with van der Waals surface area (Å²) < 4.78 is 50.5. The number of fused-ring (bicyclic) bond motifs is 1. The third-order valence-corrected chi connectivity index (χ3v) is 7.88. The molecular weight excluding hydrogens is 547 g/mol. The second kappa shape index (κ2) is 12.4. The molecule has 0 aliphatic carbocycles. The summed E-state index contributed by atoms with van der Waals surface area (Å²) in [7, 11) is 2.99. The zero-order chi connectivity index (χ0) is 29.9. The Morgan fingerprint density at radius 2 is 1.69 bits per heavy atom. The van der Waals surface area contributed by atoms with Gasteiger partial charge in [0.1, 0.15) is 18.0 Å². The second-order valence-corrected chi connectivity index (χ2v) is 10.7. The number of anilines is 1. The Balaban J connectivity index is 1.40. The van der Waals surface area contributed by atoms with E-state index in [2.05, 4.69) is 4.90 Å². The normalized spacial score (nSPS) is 16.1. The minimum atomic E-state index is -4.49. The van der Waals surface area contributed by atoms with Crippen LogP contribution in [0.1, 0.15) is 30.0 Å². The third-order valence-electron chi connectivity index (χ3n) is 7.88. The summed E-state index contributed by atoms with van der Waals surface area (Å²) in [4.78, 5) is 31.8. The van der Waals surface area contributed by atoms with Gasteiger partial charge in [-0.1, -0.05) is 54.6 Å². The van der Waals surface area contributed by atoms with E-state index >= 15 is 0 Å². The van der Waals surface area contributed by atoms with Crippen molar-refractivity contribution in [1.82, 2.24) is 9.80 Å². The van der Waals surface area contributed by atoms with Crippen molar-refractivity contribution in [2.24, 2.45) is 0 Å². The Kier molecular flexibility index (Phi) is 8.72. The van der Waals surface area contributed by atoms with Gasteiger partial charge in [0.25, 0.3) is 5.91 Å². The highest BCUT2D eigenvalue weighted by atomic mass is 19.4. The lowest BCUT2D eigenvalue weighted by Crippen LogP contribution is -2.47. The summed E-state index contributed by atoms with van der Waals surface area (Å²) in [6, 6.07) is 20.4. The predicted octanol–water partition coefficient (Wildman–Crippen LogP) is 5.49. The van der Waals surface area contributed by atoms with E-state index in [1.807, 2.05) is 54.6 Å². The molecule has 222 valence electrons. The van der Waals surface area contributed by atoms with Gasteiger partial charge in [0, 0.05) is 25.2 Å². The van der Waals surface area contributed by atoms with Gasteiger partial charge in [0.15, 0.2) is 6.61 Å². The molecule has 0 N–H and O–H groups in total. The van der Waals surface area contributed by atoms with Crippen LogP contribution in [-0.4, -0.2) is 74.7 Å². The number of alkyl halides is 3. The molecule has 1 saturated heterocycles. The minimum absolute atomic E-state index is 0.00782. The molecule has 0 aromatic heterocycles. The molecule has 0 bridgehead atoms. The summed E-state index contributed by atoms with van der Waals surface area (Å²) in [5.74, 6) is -0.636. The first-order chi connectivity index (χ1) is 20.1. The Morgan fingerprint density at radius 3 is 2.33 bits per heavy atom. The smallest absolute Gasteiger partial charge is 0.393 e. The SMILES string of the molecule is COc1cc2c(cc1CC(F)(F)F)N(CC(=O)N(C)C(CN1CCCC1)c1ccc(-c3ccccc3)cc1)C(=O)CO2. The molecule has 1 atom stereocenters. The standard InChI is InChI=1S/C32H34F3N3O4/c1-36(27(19-37-14-6-7-15-37)24-12-10-23(11-13-24)22-8-4-3-5-9-22)30(39)20-38-26-16-25(18-32(33,34)35)28(41-2)17-29(26)42-21-31(38)40/h3-5,8-13,16-17,27H,6-7,14-15,18-21H2,1-2H3. The topological polar surface area (TPSA) is 62.3 Å². The first-order valence-electron chi connectivity index (χ1n) is 14.0. The zero-order valence-electron chi connectivity index (χ0n) is 23.7. The number of carbonyl (C=O) groups excluding carboxylic acids is 2. The van der Waals surface area contributed by atoms with Crippen molar-refractivity contribution in [3.63, 3.8) is 0 Å². The fourth-order valence-electron chi connectivity index (χ4n) is 5.60. The lowest BCUT2D eigenvalue weighted by Gasteiger charge is -2.35. The monoisotopic (exact) mass is 581 g/mol. The maximum atomic E-state index is 13.7. The number of carbonyl (C=O) groups is 2. The number of likely N-dealkylation sites (tertiary alicyclic amines) is 1. The number of methoxy groups -OCH3 is 1. The molecule has 0 radical (unpaired) electrons. The van der Waals surface area contributed by atoms with Gasteiger partial charge in [-0.2, -0.15) is 13.2 Å². The molecule has 3 aromatic carbocycles. The molecule has 2 heterocycles. The van der Waals surface area contributed by atoms with Crippen LogP contribution in [0.3, 0.4) is 0 Å². The van der Waals surface area contributed by atoms with E-state index in [0.717, 1.165) is 42.6 Å². The third kappa shape index (κ3) is 6.70. The first kappa shape index (κ1) is 29.4. The minimum Gasteiger partial charge on any atom is -0.496 e. The van der Waals surface area contributed by atoms with E-state index in [4.69, 9.17) is 9.47 Å². The zero-order valence-corrected chi connectivity index (χ0v) is 23.7. The Morgan fingerprint density at radius 1 is 1.02 bits per heavy atom. The summed E-state index contributed by atoms with van der Waals surface area (Å²) >= 11 is 0. The largest absolute Gasteiger partial charge is 0.496 e. The van der Waals surface area contributed by atoms with E-state index in [9.17, 15) is 22.8 Å². The number of halogens is 3. The fourth-order valence-corrected chi connectivity index (χ4v) is 5.60. The van der Waals surface area contributed by atoms with Crippen LogP contribution in [0.2, 0.25) is 0 Å². The average molecular weight is 582 g/mol. The van der Waals surface area contributed by atoms with Gasteiger partial charge < -0.3 is 19.3 Å². The van der Waals surface area contributed by atoms with Crippen LogP contribution in [0.15, 0.2) is 66.7 Å². The Labute approximate surface area is 243 Å². The molecule has 7 nitrogen and oxygen atoms in total. The first-order valence-corrected chi connectivity index (χ1v) is 14.0. The van der Waals surface area contributed by atoms with Crippen LogP contribution in [-0.2, 0) is 16.0 Å². The summed E-state index contributed by atoms with van der Waals surface area (Å²) in [6.45, 7) is 1.86. The van der Waals surface area contributed by atoms with Gasteiger partial charge in [0.2, 0.25) is 5.91 Å². The molecule has 2 aliphatic rings. The number of hydrogen-bond acceptors (Lipinski definition) is 5. The van der Waals surface area contributed by atoms with Gasteiger partial charge in [-0.15, -0.1) is 0 Å². The molecular formula is C32H34F3N3O4. The van der Waals surface area contributed by atoms with Crippen LogP contribution in [0.4, 0.5) is 18.9 Å². The van der Waals surface area contributed by atoms with E-state index < -0.39 is 18.5 Å². The van der Waals surface area contributed by atoms with E-state index in [-0.39, 0.29) is 47.9 Å². The quantitative estimate of drug-likeness (QED) is 0.335. The van der Waals surface area contributed by atoms with Crippen molar-refractivity contribution >= 4 is 17.5 Å². The molecule has 1 fully saturated rings. The van der Waals surface area contributed by atoms with E-state index in [1.165, 1.54) is 24.1 Å². The molecule has 0 spiro atoms. The molecule has 10 heteroatoms. The molecule has 3 aromatic rings. The predicted molar refractivity (Wildman–Crippen MR) is 154 cm³/mol. The van der Waals surface area contributed by atoms with Crippen molar-refractivity contribution in [2.45, 2.75) is 31.5 Å². The van der Waals surface area contributed by atoms with Gasteiger partial charge in [-0.05, 0) is 48.7 Å². The number of ether oxygens (including phenoxy) is 2. The number of rotatable bonds is 9. The molecule has 2 amide bonds. The molecule has 2 aliphatic heterocycles. The lowest BCUT2D eigenvalue weighted by molar-refractivity contribution is -0.133. The van der Waals surface area contributed by atoms with E-state index in [1.54, 1.807) is 11.9 Å². The van der Waals surface area contributed by atoms with Crippen molar-refractivity contribution in [1.29, 1.82) is 0 Å². The number of likely N-dealkylation sites (N-methyl/N-ethyl adjacent to an activating group) is 1. The molecule has 5 rings (SSSR count). The molecule has 0 saturated carbocycles. The summed E-state index contributed by atoms with van der Waals surface area (Å²) in [5.41, 5.74) is 3.10. The van der Waals surface area contributed by atoms with Gasteiger partial charge >= 0.3 is 6.18 Å². The summed E-state index contributed by atoms with van der Waals surface area (Å²) in [6.07, 6.45) is -3.53. The molecule has 1 unspecified atom stereocenters. The average Bonchev–Trinajstić information content (AvgIpc) is 3.50. The van der Waals surface area contributed by atoms with Crippen LogP contribution >= 0.6 is 0 Å². The number of nitrogens with zero attached hydrogens (tertiary/aromatic N) is 3. The highest BCUT2D eigenvalue weighted by Gasteiger charge is 2.35. The Bertz CT molecular complexity index is 1410. The number of amides is 2. The lowest BCUT2D eigenvalue weighted by atomic mass is 9.99. The highest BCUT2D eigenvalue weighted by molar-refractivity contribution is 6.02. The molecule has 42 heavy (non-hydrogen) atoms. The maximum Gasteiger partial charge on any atom is 0.393 e. The van der Waals surface area contributed by atoms with Crippen molar-refractivity contribution < 1.29 is 32.2 Å². The van der Waals surface area contributed by atoms with Gasteiger partial charge in [-0.25, -0.2) is 0 Å². The van der Waals surface area contributed by atoms with Crippen LogP contribution in [0.25, 0.3) is 11.1 Å². The Hall–Kier alpha value is -4.05. The summed E-state index contributed by atoms with van der Waals surface area (Å²) in [5, 5.41) is 0. The number of benzene rings is 3. The van der Waals surface area contributed by atoms with Gasteiger partial charge in [0.05, 0.1) is 25.3 Å². The van der Waals surface area contributed by atoms with Crippen molar-refractivity contribution in [3.8, 4) is 22.6 Å². The van der Waals surface area contributed by atoms with Crippen LogP contribution in [0, 0.1) is 0 Å². The maximum absolute atomic E-state index is 13.7. The number of hydrogen-bond donors (Lipinski definition) is 0.